The lowest BCUT2D eigenvalue weighted by molar-refractivity contribution is -0.155. The van der Waals surface area contributed by atoms with E-state index in [1.165, 1.54) is 0 Å². The third-order valence-corrected chi connectivity index (χ3v) is 4.46. The van der Waals surface area contributed by atoms with Gasteiger partial charge in [0.2, 0.25) is 0 Å². The normalized spacial score (nSPS) is 26.5. The van der Waals surface area contributed by atoms with E-state index in [4.69, 9.17) is 0 Å². The average Bonchev–Trinajstić information content (AvgIpc) is 2.82. The molecule has 2 rings (SSSR count). The predicted molar refractivity (Wildman–Crippen MR) is 67.1 cm³/mol. The molecule has 1 N–H and O–H groups in total. The summed E-state index contributed by atoms with van der Waals surface area (Å²) < 4.78 is 0. The molecule has 2 saturated heterocycles. The maximum atomic E-state index is 11.7. The van der Waals surface area contributed by atoms with Crippen LogP contribution in [0.1, 0.15) is 39.5 Å². The first-order valence-electron chi connectivity index (χ1n) is 6.79. The molecule has 0 amide bonds. The molecule has 0 aromatic rings. The Morgan fingerprint density at radius 1 is 1.12 bits per heavy atom. The van der Waals surface area contributed by atoms with E-state index in [0.29, 0.717) is 6.04 Å². The molecule has 0 bridgehead atoms. The lowest BCUT2D eigenvalue weighted by Gasteiger charge is -2.45. The zero-order chi connectivity index (χ0) is 12.5. The fourth-order valence-corrected chi connectivity index (χ4v) is 3.22. The highest BCUT2D eigenvalue weighted by Crippen LogP contribution is 2.32. The zero-order valence-corrected chi connectivity index (χ0v) is 11.0. The zero-order valence-electron chi connectivity index (χ0n) is 11.0. The van der Waals surface area contributed by atoms with Crippen molar-refractivity contribution in [1.82, 2.24) is 9.80 Å². The molecule has 2 heterocycles. The summed E-state index contributed by atoms with van der Waals surface area (Å²) in [6.07, 6.45) is 3.87. The highest BCUT2D eigenvalue weighted by atomic mass is 16.4. The van der Waals surface area contributed by atoms with Crippen molar-refractivity contribution in [2.75, 3.05) is 26.2 Å². The van der Waals surface area contributed by atoms with Crippen molar-refractivity contribution >= 4 is 5.97 Å². The van der Waals surface area contributed by atoms with Crippen LogP contribution >= 0.6 is 0 Å². The van der Waals surface area contributed by atoms with Gasteiger partial charge in [0.25, 0.3) is 0 Å². The maximum absolute atomic E-state index is 11.7. The first kappa shape index (κ1) is 12.8. The Kier molecular flexibility index (Phi) is 3.73. The van der Waals surface area contributed by atoms with Crippen LogP contribution in [0, 0.1) is 0 Å². The van der Waals surface area contributed by atoms with E-state index >= 15 is 0 Å². The third kappa shape index (κ3) is 2.33. The summed E-state index contributed by atoms with van der Waals surface area (Å²) >= 11 is 0. The Hall–Kier alpha value is -0.610. The van der Waals surface area contributed by atoms with Gasteiger partial charge in [0.15, 0.2) is 0 Å². The molecule has 98 valence electrons. The standard InChI is InChI=1S/C13H24N2O2/c1-11(2)14-9-5-13(6-10-14,12(16)17)15-7-3-4-8-15/h11H,3-10H2,1-2H3,(H,16,17). The highest BCUT2D eigenvalue weighted by Gasteiger charge is 2.47. The number of carboxylic acid groups (broad SMARTS) is 1. The quantitative estimate of drug-likeness (QED) is 0.810. The van der Waals surface area contributed by atoms with Gasteiger partial charge < -0.3 is 10.0 Å². The summed E-state index contributed by atoms with van der Waals surface area (Å²) in [7, 11) is 0. The SMILES string of the molecule is CC(C)N1CCC(C(=O)O)(N2CCCC2)CC1. The van der Waals surface area contributed by atoms with Crippen LogP contribution in [-0.4, -0.2) is 58.6 Å². The third-order valence-electron chi connectivity index (χ3n) is 4.46. The molecule has 0 aromatic heterocycles. The van der Waals surface area contributed by atoms with Gasteiger partial charge in [-0.2, -0.15) is 0 Å². The smallest absolute Gasteiger partial charge is 0.324 e. The van der Waals surface area contributed by atoms with Crippen LogP contribution in [0.3, 0.4) is 0 Å². The van der Waals surface area contributed by atoms with Gasteiger partial charge in [-0.3, -0.25) is 9.69 Å². The topological polar surface area (TPSA) is 43.8 Å². The summed E-state index contributed by atoms with van der Waals surface area (Å²) in [6.45, 7) is 8.14. The van der Waals surface area contributed by atoms with Crippen LogP contribution in [0.25, 0.3) is 0 Å². The van der Waals surface area contributed by atoms with Gasteiger partial charge >= 0.3 is 5.97 Å². The lowest BCUT2D eigenvalue weighted by Crippen LogP contribution is -2.60. The number of rotatable bonds is 3. The number of hydrogen-bond acceptors (Lipinski definition) is 3. The van der Waals surface area contributed by atoms with E-state index in [0.717, 1.165) is 51.9 Å². The second kappa shape index (κ2) is 4.94. The van der Waals surface area contributed by atoms with Gasteiger partial charge in [0.1, 0.15) is 5.54 Å². The molecular formula is C13H24N2O2. The molecule has 0 atom stereocenters. The van der Waals surface area contributed by atoms with Crippen molar-refractivity contribution in [2.24, 2.45) is 0 Å². The number of carboxylic acids is 1. The molecule has 4 nitrogen and oxygen atoms in total. The summed E-state index contributed by atoms with van der Waals surface area (Å²) in [5.41, 5.74) is -0.568. The van der Waals surface area contributed by atoms with Gasteiger partial charge in [-0.25, -0.2) is 0 Å². The summed E-state index contributed by atoms with van der Waals surface area (Å²) in [6, 6.07) is 0.528. The van der Waals surface area contributed by atoms with Crippen molar-refractivity contribution < 1.29 is 9.90 Å². The Bertz CT molecular complexity index is 277. The monoisotopic (exact) mass is 240 g/mol. The van der Waals surface area contributed by atoms with E-state index in [2.05, 4.69) is 23.6 Å². The Morgan fingerprint density at radius 2 is 1.65 bits per heavy atom. The minimum absolute atomic E-state index is 0.528. The molecule has 17 heavy (non-hydrogen) atoms. The second-order valence-corrected chi connectivity index (χ2v) is 5.66. The molecule has 4 heteroatoms. The molecule has 2 aliphatic rings. The lowest BCUT2D eigenvalue weighted by atomic mass is 9.85. The van der Waals surface area contributed by atoms with Crippen molar-refractivity contribution in [3.63, 3.8) is 0 Å². The number of aliphatic carboxylic acids is 1. The molecule has 0 unspecified atom stereocenters. The van der Waals surface area contributed by atoms with Crippen molar-refractivity contribution in [1.29, 1.82) is 0 Å². The van der Waals surface area contributed by atoms with Crippen molar-refractivity contribution in [3.8, 4) is 0 Å². The summed E-state index contributed by atoms with van der Waals surface area (Å²) in [5, 5.41) is 9.61. The molecule has 0 aliphatic carbocycles. The minimum atomic E-state index is -0.609. The summed E-state index contributed by atoms with van der Waals surface area (Å²) in [5.74, 6) is -0.609. The Balaban J connectivity index is 2.07. The molecule has 0 saturated carbocycles. The average molecular weight is 240 g/mol. The van der Waals surface area contributed by atoms with E-state index in [1.807, 2.05) is 0 Å². The molecule has 2 fully saturated rings. The van der Waals surface area contributed by atoms with Crippen LogP contribution in [-0.2, 0) is 4.79 Å². The molecular weight excluding hydrogens is 216 g/mol. The maximum Gasteiger partial charge on any atom is 0.324 e. The molecule has 2 aliphatic heterocycles. The minimum Gasteiger partial charge on any atom is -0.480 e. The number of likely N-dealkylation sites (tertiary alicyclic amines) is 2. The van der Waals surface area contributed by atoms with E-state index in [9.17, 15) is 9.90 Å². The fraction of sp³-hybridized carbons (Fsp3) is 0.923. The second-order valence-electron chi connectivity index (χ2n) is 5.66. The Morgan fingerprint density at radius 3 is 2.06 bits per heavy atom. The van der Waals surface area contributed by atoms with Gasteiger partial charge in [-0.15, -0.1) is 0 Å². The predicted octanol–water partition coefficient (Wildman–Crippen LogP) is 1.41. The highest BCUT2D eigenvalue weighted by molar-refractivity contribution is 5.79. The van der Waals surface area contributed by atoms with E-state index in [1.54, 1.807) is 0 Å². The first-order valence-corrected chi connectivity index (χ1v) is 6.79. The summed E-state index contributed by atoms with van der Waals surface area (Å²) in [4.78, 5) is 16.3. The van der Waals surface area contributed by atoms with Gasteiger partial charge in [0, 0.05) is 19.1 Å². The van der Waals surface area contributed by atoms with Crippen molar-refractivity contribution in [2.45, 2.75) is 51.1 Å². The number of nitrogens with zero attached hydrogens (tertiary/aromatic N) is 2. The largest absolute Gasteiger partial charge is 0.480 e. The molecule has 0 radical (unpaired) electrons. The van der Waals surface area contributed by atoms with Crippen LogP contribution in [0.4, 0.5) is 0 Å². The van der Waals surface area contributed by atoms with Gasteiger partial charge in [0.05, 0.1) is 0 Å². The number of hydrogen-bond donors (Lipinski definition) is 1. The van der Waals surface area contributed by atoms with Gasteiger partial charge in [-0.1, -0.05) is 0 Å². The van der Waals surface area contributed by atoms with Crippen LogP contribution in [0.5, 0.6) is 0 Å². The van der Waals surface area contributed by atoms with Crippen LogP contribution < -0.4 is 0 Å². The number of piperidine rings is 1. The Labute approximate surface area is 104 Å². The van der Waals surface area contributed by atoms with Crippen molar-refractivity contribution in [3.05, 3.63) is 0 Å². The molecule has 0 aromatic carbocycles. The number of carbonyl (C=O) groups is 1. The van der Waals surface area contributed by atoms with E-state index < -0.39 is 11.5 Å². The van der Waals surface area contributed by atoms with Gasteiger partial charge in [-0.05, 0) is 52.6 Å². The van der Waals surface area contributed by atoms with Crippen LogP contribution in [0.2, 0.25) is 0 Å². The first-order chi connectivity index (χ1) is 8.06. The van der Waals surface area contributed by atoms with E-state index in [-0.39, 0.29) is 0 Å². The molecule has 0 spiro atoms. The fourth-order valence-electron chi connectivity index (χ4n) is 3.22. The van der Waals surface area contributed by atoms with Crippen LogP contribution in [0.15, 0.2) is 0 Å².